The zero-order valence-electron chi connectivity index (χ0n) is 8.32. The van der Waals surface area contributed by atoms with E-state index in [9.17, 15) is 4.79 Å². The topological polar surface area (TPSA) is 50.1 Å². The van der Waals surface area contributed by atoms with E-state index in [2.05, 4.69) is 6.92 Å². The molecular weight excluding hydrogens is 166 g/mol. The molecule has 13 heavy (non-hydrogen) atoms. The second kappa shape index (κ2) is 7.75. The predicted molar refractivity (Wildman–Crippen MR) is 50.1 cm³/mol. The minimum Gasteiger partial charge on any atom is -0.377 e. The summed E-state index contributed by atoms with van der Waals surface area (Å²) in [6, 6.07) is 1.90. The van der Waals surface area contributed by atoms with Gasteiger partial charge >= 0.3 is 0 Å². The molecule has 0 aliphatic rings. The van der Waals surface area contributed by atoms with Crippen molar-refractivity contribution in [2.45, 2.75) is 39.2 Å². The normalized spacial score (nSPS) is 14.5. The van der Waals surface area contributed by atoms with E-state index >= 15 is 0 Å². The van der Waals surface area contributed by atoms with Crippen LogP contribution >= 0.6 is 0 Å². The van der Waals surface area contributed by atoms with Gasteiger partial charge in [0.1, 0.15) is 12.2 Å². The van der Waals surface area contributed by atoms with Crippen molar-refractivity contribution in [1.29, 1.82) is 5.26 Å². The summed E-state index contributed by atoms with van der Waals surface area (Å²) in [4.78, 5) is 10.4. The first-order valence-electron chi connectivity index (χ1n) is 4.72. The van der Waals surface area contributed by atoms with Gasteiger partial charge in [-0.15, -0.1) is 0 Å². The van der Waals surface area contributed by atoms with Crippen LogP contribution in [0.15, 0.2) is 0 Å². The number of nitrogens with zero attached hydrogens (tertiary/aromatic N) is 1. The third kappa shape index (κ3) is 5.37. The Kier molecular flexibility index (Phi) is 7.23. The molecule has 0 radical (unpaired) electrons. The molecule has 0 aromatic heterocycles. The van der Waals surface area contributed by atoms with E-state index in [1.807, 2.05) is 6.07 Å². The summed E-state index contributed by atoms with van der Waals surface area (Å²) >= 11 is 0. The average Bonchev–Trinajstić information content (AvgIpc) is 2.14. The Balaban J connectivity index is 3.55. The fourth-order valence-corrected chi connectivity index (χ4v) is 0.971. The van der Waals surface area contributed by atoms with Crippen LogP contribution in [0.4, 0.5) is 0 Å². The molecule has 2 unspecified atom stereocenters. The summed E-state index contributed by atoms with van der Waals surface area (Å²) in [5.41, 5.74) is 0. The first kappa shape index (κ1) is 12.1. The van der Waals surface area contributed by atoms with Crippen LogP contribution in [0.25, 0.3) is 0 Å². The molecule has 0 N–H and O–H groups in total. The lowest BCUT2D eigenvalue weighted by atomic mass is 10.1. The van der Waals surface area contributed by atoms with Gasteiger partial charge in [-0.1, -0.05) is 19.8 Å². The van der Waals surface area contributed by atoms with Gasteiger partial charge in [0.05, 0.1) is 12.2 Å². The first-order valence-corrected chi connectivity index (χ1v) is 4.72. The fourth-order valence-electron chi connectivity index (χ4n) is 0.971. The van der Waals surface area contributed by atoms with Crippen LogP contribution < -0.4 is 0 Å². The highest BCUT2D eigenvalue weighted by Gasteiger charge is 2.15. The molecule has 0 heterocycles. The van der Waals surface area contributed by atoms with Crippen molar-refractivity contribution in [2.24, 2.45) is 5.92 Å². The van der Waals surface area contributed by atoms with Gasteiger partial charge in [-0.3, -0.25) is 0 Å². The molecule has 0 aromatic rings. The fraction of sp³-hybridized carbons (Fsp3) is 0.800. The van der Waals surface area contributed by atoms with E-state index in [1.54, 1.807) is 6.92 Å². The number of carbonyl (C=O) groups is 1. The summed E-state index contributed by atoms with van der Waals surface area (Å²) in [7, 11) is 0. The Morgan fingerprint density at radius 3 is 2.69 bits per heavy atom. The van der Waals surface area contributed by atoms with Crippen LogP contribution in [0.5, 0.6) is 0 Å². The second-order valence-electron chi connectivity index (χ2n) is 3.07. The minimum absolute atomic E-state index is 0.278. The number of aldehydes is 1. The molecule has 3 nitrogen and oxygen atoms in total. The maximum absolute atomic E-state index is 10.4. The third-order valence-electron chi connectivity index (χ3n) is 1.93. The molecule has 0 bridgehead atoms. The Morgan fingerprint density at radius 2 is 2.23 bits per heavy atom. The van der Waals surface area contributed by atoms with Gasteiger partial charge in [-0.05, 0) is 13.3 Å². The summed E-state index contributed by atoms with van der Waals surface area (Å²) in [5.74, 6) is -0.623. The van der Waals surface area contributed by atoms with Gasteiger partial charge in [0, 0.05) is 6.61 Å². The van der Waals surface area contributed by atoms with Crippen molar-refractivity contribution < 1.29 is 9.53 Å². The number of unbranched alkanes of at least 4 members (excludes halogenated alkanes) is 2. The quantitative estimate of drug-likeness (QED) is 0.447. The van der Waals surface area contributed by atoms with Gasteiger partial charge in [0.2, 0.25) is 0 Å². The monoisotopic (exact) mass is 183 g/mol. The summed E-state index contributed by atoms with van der Waals surface area (Å²) in [6.45, 7) is 4.52. The second-order valence-corrected chi connectivity index (χ2v) is 3.07. The van der Waals surface area contributed by atoms with E-state index in [0.29, 0.717) is 12.9 Å². The number of hydrogen-bond donors (Lipinski definition) is 0. The molecule has 2 atom stereocenters. The molecule has 3 heteroatoms. The van der Waals surface area contributed by atoms with Gasteiger partial charge in [0.15, 0.2) is 0 Å². The number of hydrogen-bond acceptors (Lipinski definition) is 3. The van der Waals surface area contributed by atoms with Crippen molar-refractivity contribution in [3.8, 4) is 6.07 Å². The molecular formula is C10H17NO2. The van der Waals surface area contributed by atoms with Crippen LogP contribution in [-0.4, -0.2) is 19.0 Å². The number of ether oxygens (including phenoxy) is 1. The van der Waals surface area contributed by atoms with E-state index in [4.69, 9.17) is 10.00 Å². The number of rotatable bonds is 7. The van der Waals surface area contributed by atoms with Crippen LogP contribution in [0, 0.1) is 17.2 Å². The van der Waals surface area contributed by atoms with E-state index in [0.717, 1.165) is 19.3 Å². The van der Waals surface area contributed by atoms with Crippen LogP contribution in [-0.2, 0) is 9.53 Å². The zero-order chi connectivity index (χ0) is 10.1. The lowest BCUT2D eigenvalue weighted by Gasteiger charge is -2.13. The van der Waals surface area contributed by atoms with Crippen molar-refractivity contribution in [3.63, 3.8) is 0 Å². The Bertz CT molecular complexity index is 174. The molecule has 74 valence electrons. The minimum atomic E-state index is -0.623. The van der Waals surface area contributed by atoms with E-state index < -0.39 is 5.92 Å². The van der Waals surface area contributed by atoms with Crippen LogP contribution in [0.2, 0.25) is 0 Å². The van der Waals surface area contributed by atoms with Crippen molar-refractivity contribution >= 4 is 6.29 Å². The standard InChI is InChI=1S/C10H17NO2/c1-3-4-5-6-13-9(2)10(7-11)8-12/h8-10H,3-6H2,1-2H3. The van der Waals surface area contributed by atoms with Crippen molar-refractivity contribution in [1.82, 2.24) is 0 Å². The smallest absolute Gasteiger partial charge is 0.139 e. The molecule has 0 aliphatic heterocycles. The molecule has 0 spiro atoms. The molecule has 0 amide bonds. The predicted octanol–water partition coefficient (Wildman–Crippen LogP) is 1.92. The zero-order valence-corrected chi connectivity index (χ0v) is 8.32. The molecule has 0 aromatic carbocycles. The highest BCUT2D eigenvalue weighted by Crippen LogP contribution is 2.05. The van der Waals surface area contributed by atoms with Gasteiger partial charge in [-0.25, -0.2) is 0 Å². The molecule has 0 saturated heterocycles. The van der Waals surface area contributed by atoms with Crippen LogP contribution in [0.1, 0.15) is 33.1 Å². The van der Waals surface area contributed by atoms with E-state index in [1.165, 1.54) is 0 Å². The molecule has 0 rings (SSSR count). The lowest BCUT2D eigenvalue weighted by Crippen LogP contribution is -2.21. The Morgan fingerprint density at radius 1 is 1.54 bits per heavy atom. The first-order chi connectivity index (χ1) is 6.26. The van der Waals surface area contributed by atoms with Gasteiger partial charge in [-0.2, -0.15) is 5.26 Å². The Hall–Kier alpha value is -0.880. The largest absolute Gasteiger partial charge is 0.377 e. The molecule has 0 fully saturated rings. The highest BCUT2D eigenvalue weighted by atomic mass is 16.5. The van der Waals surface area contributed by atoms with Crippen molar-refractivity contribution in [2.75, 3.05) is 6.61 Å². The third-order valence-corrected chi connectivity index (χ3v) is 1.93. The summed E-state index contributed by atoms with van der Waals surface area (Å²) in [6.07, 6.45) is 3.64. The maximum Gasteiger partial charge on any atom is 0.139 e. The highest BCUT2D eigenvalue weighted by molar-refractivity contribution is 5.58. The number of carbonyl (C=O) groups excluding carboxylic acids is 1. The average molecular weight is 183 g/mol. The Labute approximate surface area is 79.7 Å². The van der Waals surface area contributed by atoms with Gasteiger partial charge < -0.3 is 9.53 Å². The van der Waals surface area contributed by atoms with Gasteiger partial charge in [0.25, 0.3) is 0 Å². The van der Waals surface area contributed by atoms with Crippen molar-refractivity contribution in [3.05, 3.63) is 0 Å². The lowest BCUT2D eigenvalue weighted by molar-refractivity contribution is -0.113. The summed E-state index contributed by atoms with van der Waals surface area (Å²) in [5, 5.41) is 8.54. The van der Waals surface area contributed by atoms with Crippen LogP contribution in [0.3, 0.4) is 0 Å². The summed E-state index contributed by atoms with van der Waals surface area (Å²) < 4.78 is 5.33. The molecule has 0 aliphatic carbocycles. The maximum atomic E-state index is 10.4. The molecule has 0 saturated carbocycles. The SMILES string of the molecule is CCCCCOC(C)C(C#N)C=O. The number of nitriles is 1. The van der Waals surface area contributed by atoms with E-state index in [-0.39, 0.29) is 6.10 Å².